The molecule has 4 nitrogen and oxygen atoms in total. The van der Waals surface area contributed by atoms with Crippen molar-refractivity contribution in [2.45, 2.75) is 13.2 Å². The van der Waals surface area contributed by atoms with Crippen LogP contribution in [0.2, 0.25) is 10.0 Å². The van der Waals surface area contributed by atoms with E-state index in [-0.39, 0.29) is 11.8 Å². The molecule has 4 aromatic carbocycles. The molecule has 0 atom stereocenters. The zero-order valence-electron chi connectivity index (χ0n) is 18.4. The van der Waals surface area contributed by atoms with Gasteiger partial charge in [-0.05, 0) is 52.4 Å². The average Bonchev–Trinajstić information content (AvgIpc) is 3.13. The van der Waals surface area contributed by atoms with E-state index in [1.807, 2.05) is 66.7 Å². The lowest BCUT2D eigenvalue weighted by Gasteiger charge is -2.15. The van der Waals surface area contributed by atoms with Crippen LogP contribution in [0.25, 0.3) is 16.8 Å². The molecule has 1 saturated heterocycles. The summed E-state index contributed by atoms with van der Waals surface area (Å²) in [6.45, 7) is 0.389. The number of fused-ring (bicyclic) bond motifs is 1. The molecule has 1 aliphatic heterocycles. The molecule has 0 N–H and O–H groups in total. The highest BCUT2D eigenvalue weighted by atomic mass is 35.5. The van der Waals surface area contributed by atoms with Gasteiger partial charge in [-0.1, -0.05) is 89.9 Å². The minimum absolute atomic E-state index is 0.00736. The number of imide groups is 1. The van der Waals surface area contributed by atoms with Gasteiger partial charge in [-0.15, -0.1) is 0 Å². The van der Waals surface area contributed by atoms with Gasteiger partial charge in [-0.2, -0.15) is 0 Å². The van der Waals surface area contributed by atoms with Gasteiger partial charge in [-0.3, -0.25) is 14.5 Å². The number of halogens is 2. The Morgan fingerprint density at radius 2 is 1.54 bits per heavy atom. The Morgan fingerprint density at radius 1 is 0.829 bits per heavy atom. The number of thioether (sulfide) groups is 1. The third kappa shape index (κ3) is 4.94. The second-order valence-electron chi connectivity index (χ2n) is 7.94. The quantitative estimate of drug-likeness (QED) is 0.242. The summed E-state index contributed by atoms with van der Waals surface area (Å²) in [5, 5.41) is 2.38. The van der Waals surface area contributed by atoms with Crippen LogP contribution in [0, 0.1) is 0 Å². The fourth-order valence-electron chi connectivity index (χ4n) is 3.89. The van der Waals surface area contributed by atoms with Crippen molar-refractivity contribution in [1.82, 2.24) is 4.90 Å². The van der Waals surface area contributed by atoms with Crippen LogP contribution in [-0.2, 0) is 17.9 Å². The van der Waals surface area contributed by atoms with Crippen LogP contribution in [0.1, 0.15) is 16.7 Å². The molecule has 1 heterocycles. The normalized spacial score (nSPS) is 14.8. The average molecular weight is 520 g/mol. The molecule has 174 valence electrons. The maximum absolute atomic E-state index is 13.3. The van der Waals surface area contributed by atoms with Crippen molar-refractivity contribution >= 4 is 63.0 Å². The first-order chi connectivity index (χ1) is 17.0. The Labute approximate surface area is 217 Å². The van der Waals surface area contributed by atoms with E-state index in [9.17, 15) is 9.59 Å². The summed E-state index contributed by atoms with van der Waals surface area (Å²) in [5.74, 6) is 0.242. The number of carbonyl (C=O) groups is 2. The fourth-order valence-corrected chi connectivity index (χ4v) is 5.23. The molecule has 0 radical (unpaired) electrons. The lowest BCUT2D eigenvalue weighted by atomic mass is 10.0. The Morgan fingerprint density at radius 3 is 2.31 bits per heavy atom. The highest BCUT2D eigenvalue weighted by Gasteiger charge is 2.36. The van der Waals surface area contributed by atoms with E-state index in [2.05, 4.69) is 0 Å². The maximum Gasteiger partial charge on any atom is 0.293 e. The predicted octanol–water partition coefficient (Wildman–Crippen LogP) is 7.96. The van der Waals surface area contributed by atoms with Crippen molar-refractivity contribution < 1.29 is 14.3 Å². The van der Waals surface area contributed by atoms with E-state index >= 15 is 0 Å². The molecular weight excluding hydrogens is 501 g/mol. The lowest BCUT2D eigenvalue weighted by molar-refractivity contribution is -0.123. The van der Waals surface area contributed by atoms with E-state index in [0.29, 0.717) is 32.9 Å². The minimum Gasteiger partial charge on any atom is -0.488 e. The number of hydrogen-bond donors (Lipinski definition) is 0. The third-order valence-corrected chi connectivity index (χ3v) is 7.31. The molecule has 5 rings (SSSR count). The van der Waals surface area contributed by atoms with E-state index in [1.54, 1.807) is 24.3 Å². The summed E-state index contributed by atoms with van der Waals surface area (Å²) in [6, 6.07) is 26.7. The Balaban J connectivity index is 1.50. The number of ether oxygens (including phenoxy) is 1. The minimum atomic E-state index is -0.391. The van der Waals surface area contributed by atoms with Gasteiger partial charge in [0.1, 0.15) is 12.4 Å². The first-order valence-corrected chi connectivity index (χ1v) is 12.5. The molecular formula is C28H19Cl2NO3S. The topological polar surface area (TPSA) is 46.6 Å². The van der Waals surface area contributed by atoms with Crippen LogP contribution in [-0.4, -0.2) is 16.0 Å². The summed E-state index contributed by atoms with van der Waals surface area (Å²) in [4.78, 5) is 27.5. The number of hydrogen-bond acceptors (Lipinski definition) is 4. The molecule has 0 unspecified atom stereocenters. The SMILES string of the molecule is O=C1S/C(=C/c2c(OCc3ccccc3)ccc3ccccc23)C(=O)N1Cc1c(Cl)cccc1Cl. The summed E-state index contributed by atoms with van der Waals surface area (Å²) in [6.07, 6.45) is 1.74. The smallest absolute Gasteiger partial charge is 0.293 e. The van der Waals surface area contributed by atoms with Gasteiger partial charge in [0.05, 0.1) is 11.4 Å². The van der Waals surface area contributed by atoms with Gasteiger partial charge < -0.3 is 4.74 Å². The summed E-state index contributed by atoms with van der Waals surface area (Å²) < 4.78 is 6.16. The first-order valence-electron chi connectivity index (χ1n) is 10.9. The van der Waals surface area contributed by atoms with Crippen molar-refractivity contribution in [2.75, 3.05) is 0 Å². The molecule has 1 aliphatic rings. The number of benzene rings is 4. The monoisotopic (exact) mass is 519 g/mol. The molecule has 0 spiro atoms. The van der Waals surface area contributed by atoms with Crippen LogP contribution in [0.5, 0.6) is 5.75 Å². The van der Waals surface area contributed by atoms with Crippen LogP contribution < -0.4 is 4.74 Å². The number of amides is 2. The van der Waals surface area contributed by atoms with E-state index in [1.165, 1.54) is 4.90 Å². The van der Waals surface area contributed by atoms with Gasteiger partial charge in [0.15, 0.2) is 0 Å². The molecule has 0 aliphatic carbocycles. The Hall–Kier alpha value is -3.25. The highest BCUT2D eigenvalue weighted by Crippen LogP contribution is 2.38. The summed E-state index contributed by atoms with van der Waals surface area (Å²) >= 11 is 13.4. The standard InChI is InChI=1S/C28H19Cl2NO3S/c29-23-11-6-12-24(30)22(23)16-31-27(32)26(35-28(31)33)15-21-20-10-5-4-9-19(20)13-14-25(21)34-17-18-7-2-1-3-8-18/h1-15H,16-17H2/b26-15+. The van der Waals surface area contributed by atoms with E-state index in [0.717, 1.165) is 33.7 Å². The van der Waals surface area contributed by atoms with Crippen LogP contribution in [0.3, 0.4) is 0 Å². The predicted molar refractivity (Wildman–Crippen MR) is 143 cm³/mol. The third-order valence-electron chi connectivity index (χ3n) is 5.69. The van der Waals surface area contributed by atoms with Gasteiger partial charge in [0.25, 0.3) is 11.1 Å². The Bertz CT molecular complexity index is 1450. The molecule has 2 amide bonds. The second-order valence-corrected chi connectivity index (χ2v) is 9.75. The van der Waals surface area contributed by atoms with Crippen LogP contribution in [0.4, 0.5) is 4.79 Å². The van der Waals surface area contributed by atoms with Gasteiger partial charge >= 0.3 is 0 Å². The second kappa shape index (κ2) is 10.2. The fraction of sp³-hybridized carbons (Fsp3) is 0.0714. The van der Waals surface area contributed by atoms with E-state index < -0.39 is 5.91 Å². The molecule has 7 heteroatoms. The molecule has 0 bridgehead atoms. The number of carbonyl (C=O) groups excluding carboxylic acids is 2. The molecule has 0 aromatic heterocycles. The number of rotatable bonds is 6. The summed E-state index contributed by atoms with van der Waals surface area (Å²) in [5.41, 5.74) is 2.32. The van der Waals surface area contributed by atoms with Gasteiger partial charge in [0.2, 0.25) is 0 Å². The molecule has 0 saturated carbocycles. The van der Waals surface area contributed by atoms with Crippen molar-refractivity contribution in [3.05, 3.63) is 117 Å². The highest BCUT2D eigenvalue weighted by molar-refractivity contribution is 8.18. The summed E-state index contributed by atoms with van der Waals surface area (Å²) in [7, 11) is 0. The first kappa shape index (κ1) is 23.5. The van der Waals surface area contributed by atoms with Crippen molar-refractivity contribution in [3.8, 4) is 5.75 Å². The maximum atomic E-state index is 13.3. The number of nitrogens with zero attached hydrogens (tertiary/aromatic N) is 1. The van der Waals surface area contributed by atoms with Crippen LogP contribution >= 0.6 is 35.0 Å². The molecule has 1 fully saturated rings. The van der Waals surface area contributed by atoms with Crippen molar-refractivity contribution in [2.24, 2.45) is 0 Å². The van der Waals surface area contributed by atoms with Crippen LogP contribution in [0.15, 0.2) is 89.8 Å². The van der Waals surface area contributed by atoms with Gasteiger partial charge in [-0.25, -0.2) is 0 Å². The van der Waals surface area contributed by atoms with E-state index in [4.69, 9.17) is 27.9 Å². The molecule has 4 aromatic rings. The largest absolute Gasteiger partial charge is 0.488 e. The zero-order chi connectivity index (χ0) is 24.4. The van der Waals surface area contributed by atoms with Crippen molar-refractivity contribution in [3.63, 3.8) is 0 Å². The molecule has 35 heavy (non-hydrogen) atoms. The lowest BCUT2D eigenvalue weighted by Crippen LogP contribution is -2.27. The van der Waals surface area contributed by atoms with Gasteiger partial charge in [0, 0.05) is 21.2 Å². The zero-order valence-corrected chi connectivity index (χ0v) is 20.7. The Kier molecular flexibility index (Phi) is 6.82. The van der Waals surface area contributed by atoms with Crippen molar-refractivity contribution in [1.29, 1.82) is 0 Å².